The molecule has 1 rings (SSSR count). The van der Waals surface area contributed by atoms with Gasteiger partial charge in [-0.25, -0.2) is 9.90 Å². The Kier molecular flexibility index (Phi) is 2.78. The maximum Gasteiger partial charge on any atom is 0.455 e. The second-order valence-corrected chi connectivity index (χ2v) is 2.82. The second-order valence-electron chi connectivity index (χ2n) is 2.01. The molecule has 1 radical (unpaired) electrons. The van der Waals surface area contributed by atoms with Crippen LogP contribution in [0.25, 0.3) is 0 Å². The lowest BCUT2D eigenvalue weighted by molar-refractivity contribution is 0.185. The first-order chi connectivity index (χ1) is 5.61. The van der Waals surface area contributed by atoms with E-state index in [1.165, 1.54) is 12.1 Å². The van der Waals surface area contributed by atoms with Crippen LogP contribution in [0, 0.1) is 0 Å². The van der Waals surface area contributed by atoms with Crippen molar-refractivity contribution in [1.29, 1.82) is 0 Å². The third-order valence-corrected chi connectivity index (χ3v) is 1.82. The number of carbonyl (C=O) groups excluding carboxylic acids is 1. The number of halogens is 2. The van der Waals surface area contributed by atoms with Gasteiger partial charge < -0.3 is 0 Å². The molecule has 3 nitrogen and oxygen atoms in total. The van der Waals surface area contributed by atoms with Crippen molar-refractivity contribution in [2.75, 3.05) is 5.32 Å². The minimum absolute atomic E-state index is 0.154. The fraction of sp³-hybridized carbons (Fsp3) is 0. The van der Waals surface area contributed by atoms with Gasteiger partial charge in [-0.3, -0.25) is 5.32 Å². The van der Waals surface area contributed by atoms with Gasteiger partial charge in [0, 0.05) is 0 Å². The summed E-state index contributed by atoms with van der Waals surface area (Å²) in [6, 6.07) is 4.67. The van der Waals surface area contributed by atoms with Gasteiger partial charge in [-0.05, 0) is 12.1 Å². The highest BCUT2D eigenvalue weighted by atomic mass is 35.5. The van der Waals surface area contributed by atoms with E-state index >= 15 is 0 Å². The van der Waals surface area contributed by atoms with Gasteiger partial charge in [-0.2, -0.15) is 0 Å². The number of benzene rings is 1. The fourth-order valence-electron chi connectivity index (χ4n) is 0.719. The van der Waals surface area contributed by atoms with Crippen LogP contribution < -0.4 is 5.32 Å². The minimum Gasteiger partial charge on any atom is -0.285 e. The van der Waals surface area contributed by atoms with Crippen molar-refractivity contribution < 1.29 is 9.90 Å². The summed E-state index contributed by atoms with van der Waals surface area (Å²) in [7, 11) is 0. The average Bonchev–Trinajstić information content (AvgIpc) is 1.97. The Morgan fingerprint density at radius 1 is 1.25 bits per heavy atom. The number of amides is 1. The van der Waals surface area contributed by atoms with Crippen LogP contribution in [0.1, 0.15) is 0 Å². The lowest BCUT2D eigenvalue weighted by Gasteiger charge is -2.03. The van der Waals surface area contributed by atoms with E-state index in [1.54, 1.807) is 6.07 Å². The summed E-state index contributed by atoms with van der Waals surface area (Å²) in [6.07, 6.45) is -1.44. The third-order valence-electron chi connectivity index (χ3n) is 1.19. The molecule has 63 valence electrons. The van der Waals surface area contributed by atoms with Crippen molar-refractivity contribution in [3.8, 4) is 0 Å². The molecule has 0 unspecified atom stereocenters. The highest BCUT2D eigenvalue weighted by Crippen LogP contribution is 2.29. The molecule has 1 N–H and O–H groups in total. The summed E-state index contributed by atoms with van der Waals surface area (Å²) in [5.41, 5.74) is 0.154. The van der Waals surface area contributed by atoms with Crippen LogP contribution in [-0.2, 0) is 5.11 Å². The van der Waals surface area contributed by atoms with E-state index in [2.05, 4.69) is 0 Å². The van der Waals surface area contributed by atoms with Crippen LogP contribution >= 0.6 is 23.2 Å². The van der Waals surface area contributed by atoms with Crippen molar-refractivity contribution in [1.82, 2.24) is 0 Å². The van der Waals surface area contributed by atoms with E-state index in [0.717, 1.165) is 0 Å². The molecule has 12 heavy (non-hydrogen) atoms. The molecule has 0 aliphatic rings. The minimum atomic E-state index is -1.44. The highest BCUT2D eigenvalue weighted by Gasteiger charge is 2.08. The molecule has 5 heteroatoms. The molecule has 0 aliphatic heterocycles. The van der Waals surface area contributed by atoms with Gasteiger partial charge in [0.2, 0.25) is 0 Å². The molecule has 0 fully saturated rings. The van der Waals surface area contributed by atoms with Gasteiger partial charge in [0.1, 0.15) is 0 Å². The summed E-state index contributed by atoms with van der Waals surface area (Å²) in [5, 5.41) is 12.6. The Morgan fingerprint density at radius 2 is 1.75 bits per heavy atom. The van der Waals surface area contributed by atoms with E-state index in [0.29, 0.717) is 0 Å². The quantitative estimate of drug-likeness (QED) is 0.752. The Labute approximate surface area is 78.9 Å². The van der Waals surface area contributed by atoms with Crippen molar-refractivity contribution in [3.05, 3.63) is 28.2 Å². The van der Waals surface area contributed by atoms with Crippen molar-refractivity contribution in [2.45, 2.75) is 0 Å². The van der Waals surface area contributed by atoms with E-state index in [1.807, 2.05) is 5.32 Å². The van der Waals surface area contributed by atoms with Gasteiger partial charge in [0.05, 0.1) is 15.7 Å². The highest BCUT2D eigenvalue weighted by molar-refractivity contribution is 6.39. The van der Waals surface area contributed by atoms with Gasteiger partial charge in [0.15, 0.2) is 0 Å². The zero-order valence-corrected chi connectivity index (χ0v) is 7.32. The van der Waals surface area contributed by atoms with Gasteiger partial charge in [-0.15, -0.1) is 0 Å². The van der Waals surface area contributed by atoms with Gasteiger partial charge >= 0.3 is 6.09 Å². The average molecular weight is 205 g/mol. The zero-order valence-electron chi connectivity index (χ0n) is 5.80. The van der Waals surface area contributed by atoms with Gasteiger partial charge in [0.25, 0.3) is 0 Å². The molecule has 0 saturated heterocycles. The Hall–Kier alpha value is -0.930. The van der Waals surface area contributed by atoms with Gasteiger partial charge in [-0.1, -0.05) is 29.3 Å². The Bertz CT molecular complexity index is 294. The lowest BCUT2D eigenvalue weighted by Crippen LogP contribution is -2.06. The Balaban J connectivity index is 3.04. The van der Waals surface area contributed by atoms with Crippen molar-refractivity contribution >= 4 is 35.0 Å². The molecule has 0 atom stereocenters. The molecule has 0 bridgehead atoms. The van der Waals surface area contributed by atoms with Crippen LogP contribution in [0.3, 0.4) is 0 Å². The number of nitrogens with one attached hydrogen (secondary N) is 1. The number of anilines is 1. The zero-order chi connectivity index (χ0) is 9.14. The number of hydrogen-bond acceptors (Lipinski definition) is 1. The summed E-state index contributed by atoms with van der Waals surface area (Å²) in [5.74, 6) is 0. The number of para-hydroxylation sites is 1. The number of carbonyl (C=O) groups is 1. The van der Waals surface area contributed by atoms with Crippen molar-refractivity contribution in [3.63, 3.8) is 0 Å². The predicted molar refractivity (Wildman–Crippen MR) is 46.2 cm³/mol. The second kappa shape index (κ2) is 3.65. The number of rotatable bonds is 1. The number of hydrogen-bond donors (Lipinski definition) is 1. The summed E-state index contributed by atoms with van der Waals surface area (Å²) in [4.78, 5) is 10.1. The Morgan fingerprint density at radius 3 is 2.17 bits per heavy atom. The maximum absolute atomic E-state index is 10.1. The van der Waals surface area contributed by atoms with E-state index in [-0.39, 0.29) is 15.7 Å². The lowest BCUT2D eigenvalue weighted by atomic mass is 10.3. The monoisotopic (exact) mass is 204 g/mol. The normalized spacial score (nSPS) is 9.50. The molecular formula is C7H4Cl2NO2. The fourth-order valence-corrected chi connectivity index (χ4v) is 1.21. The first kappa shape index (κ1) is 9.16. The first-order valence-electron chi connectivity index (χ1n) is 3.03. The maximum atomic E-state index is 10.1. The van der Waals surface area contributed by atoms with Crippen molar-refractivity contribution in [2.24, 2.45) is 0 Å². The largest absolute Gasteiger partial charge is 0.455 e. The molecule has 0 spiro atoms. The SMILES string of the molecule is [O]C(=O)Nc1c(Cl)cccc1Cl. The first-order valence-corrected chi connectivity index (χ1v) is 3.79. The molecule has 0 aliphatic carbocycles. The molecule has 0 aromatic heterocycles. The van der Waals surface area contributed by atoms with Crippen LogP contribution in [0.4, 0.5) is 10.5 Å². The van der Waals surface area contributed by atoms with E-state index in [9.17, 15) is 9.90 Å². The van der Waals surface area contributed by atoms with E-state index < -0.39 is 6.09 Å². The smallest absolute Gasteiger partial charge is 0.285 e. The summed E-state index contributed by atoms with van der Waals surface area (Å²) >= 11 is 11.3. The van der Waals surface area contributed by atoms with Crippen LogP contribution in [-0.4, -0.2) is 6.09 Å². The molecule has 0 heterocycles. The standard InChI is InChI=1S/C7H4Cl2NO2/c8-4-2-1-3-5(9)6(4)10-7(11)12/h1-3,10H. The molecular weight excluding hydrogens is 201 g/mol. The summed E-state index contributed by atoms with van der Waals surface area (Å²) in [6.45, 7) is 0. The third kappa shape index (κ3) is 2.03. The molecule has 1 amide bonds. The topological polar surface area (TPSA) is 49.0 Å². The van der Waals surface area contributed by atoms with Crippen LogP contribution in [0.2, 0.25) is 10.0 Å². The molecule has 0 saturated carbocycles. The van der Waals surface area contributed by atoms with Crippen LogP contribution in [0.5, 0.6) is 0 Å². The summed E-state index contributed by atoms with van der Waals surface area (Å²) < 4.78 is 0. The van der Waals surface area contributed by atoms with E-state index in [4.69, 9.17) is 23.2 Å². The predicted octanol–water partition coefficient (Wildman–Crippen LogP) is 2.96. The molecule has 1 aromatic rings. The van der Waals surface area contributed by atoms with Crippen LogP contribution in [0.15, 0.2) is 18.2 Å². The molecule has 1 aromatic carbocycles.